The van der Waals surface area contributed by atoms with E-state index in [4.69, 9.17) is 10.00 Å². The fourth-order valence-electron chi connectivity index (χ4n) is 1.45. The second kappa shape index (κ2) is 5.56. The Kier molecular flexibility index (Phi) is 3.85. The van der Waals surface area contributed by atoms with Crippen molar-refractivity contribution < 1.29 is 9.13 Å². The lowest BCUT2D eigenvalue weighted by molar-refractivity contribution is 0.478. The molecule has 0 bridgehead atoms. The molecule has 0 aliphatic heterocycles. The Labute approximate surface area is 109 Å². The van der Waals surface area contributed by atoms with Gasteiger partial charge in [0.15, 0.2) is 0 Å². The fourth-order valence-corrected chi connectivity index (χ4v) is 1.86. The van der Waals surface area contributed by atoms with Crippen molar-refractivity contribution in [3.63, 3.8) is 0 Å². The molecule has 0 aliphatic rings. The molecule has 0 fully saturated rings. The summed E-state index contributed by atoms with van der Waals surface area (Å²) in [6.07, 6.45) is 1.99. The Hall–Kier alpha value is -1.99. The average Bonchev–Trinajstić information content (AvgIpc) is 2.41. The van der Waals surface area contributed by atoms with E-state index in [1.165, 1.54) is 12.1 Å². The number of rotatable bonds is 3. The van der Waals surface area contributed by atoms with Crippen LogP contribution in [0.3, 0.4) is 0 Å². The van der Waals surface area contributed by atoms with Crippen LogP contribution in [0.25, 0.3) is 0 Å². The SMILES string of the molecule is CSc1ccc(Oc2ccc(F)cc2C#N)cc1. The Morgan fingerprint density at radius 3 is 2.50 bits per heavy atom. The molecule has 0 aliphatic carbocycles. The molecule has 0 unspecified atom stereocenters. The number of nitriles is 1. The standard InChI is InChI=1S/C14H10FNOS/c1-18-13-5-3-12(4-6-13)17-14-7-2-11(15)8-10(14)9-16/h2-8H,1H3. The second-order valence-electron chi connectivity index (χ2n) is 3.53. The Bertz CT molecular complexity index is 590. The summed E-state index contributed by atoms with van der Waals surface area (Å²) in [5.41, 5.74) is 0.184. The molecule has 0 N–H and O–H groups in total. The molecule has 0 atom stereocenters. The molecule has 0 saturated carbocycles. The number of ether oxygens (including phenoxy) is 1. The van der Waals surface area contributed by atoms with Gasteiger partial charge in [0, 0.05) is 4.90 Å². The zero-order chi connectivity index (χ0) is 13.0. The summed E-state index contributed by atoms with van der Waals surface area (Å²) < 4.78 is 18.5. The van der Waals surface area contributed by atoms with Crippen LogP contribution in [-0.4, -0.2) is 6.26 Å². The van der Waals surface area contributed by atoms with Crippen molar-refractivity contribution in [1.82, 2.24) is 0 Å². The maximum absolute atomic E-state index is 13.0. The first-order valence-electron chi connectivity index (χ1n) is 5.24. The molecule has 4 heteroatoms. The third-order valence-corrected chi connectivity index (χ3v) is 3.09. The van der Waals surface area contributed by atoms with Crippen molar-refractivity contribution in [2.75, 3.05) is 6.26 Å². The van der Waals surface area contributed by atoms with E-state index in [-0.39, 0.29) is 5.56 Å². The third-order valence-electron chi connectivity index (χ3n) is 2.35. The lowest BCUT2D eigenvalue weighted by atomic mass is 10.2. The van der Waals surface area contributed by atoms with Gasteiger partial charge in [-0.05, 0) is 48.7 Å². The summed E-state index contributed by atoms with van der Waals surface area (Å²) in [5, 5.41) is 8.90. The molecule has 18 heavy (non-hydrogen) atoms. The predicted octanol–water partition coefficient (Wildman–Crippen LogP) is 4.21. The molecule has 0 radical (unpaired) electrons. The maximum atomic E-state index is 13.0. The van der Waals surface area contributed by atoms with E-state index in [0.29, 0.717) is 11.5 Å². The second-order valence-corrected chi connectivity index (χ2v) is 4.41. The van der Waals surface area contributed by atoms with Gasteiger partial charge < -0.3 is 4.74 Å². The molecule has 0 aromatic heterocycles. The van der Waals surface area contributed by atoms with Crippen molar-refractivity contribution in [1.29, 1.82) is 5.26 Å². The summed E-state index contributed by atoms with van der Waals surface area (Å²) in [6, 6.07) is 13.3. The lowest BCUT2D eigenvalue weighted by Crippen LogP contribution is -1.89. The van der Waals surface area contributed by atoms with Crippen molar-refractivity contribution >= 4 is 11.8 Å². The Morgan fingerprint density at radius 1 is 1.17 bits per heavy atom. The normalized spacial score (nSPS) is 9.83. The van der Waals surface area contributed by atoms with Crippen molar-refractivity contribution in [2.24, 2.45) is 0 Å². The average molecular weight is 259 g/mol. The number of nitrogens with zero attached hydrogens (tertiary/aromatic N) is 1. The van der Waals surface area contributed by atoms with Crippen LogP contribution in [0.15, 0.2) is 47.4 Å². The summed E-state index contributed by atoms with van der Waals surface area (Å²) >= 11 is 1.64. The molecule has 2 aromatic rings. The van der Waals surface area contributed by atoms with E-state index in [1.54, 1.807) is 11.8 Å². The van der Waals surface area contributed by atoms with Gasteiger partial charge in [0.25, 0.3) is 0 Å². The smallest absolute Gasteiger partial charge is 0.145 e. The van der Waals surface area contributed by atoms with Crippen molar-refractivity contribution in [3.05, 3.63) is 53.8 Å². The first-order chi connectivity index (χ1) is 8.72. The van der Waals surface area contributed by atoms with Crippen LogP contribution in [0.1, 0.15) is 5.56 Å². The van der Waals surface area contributed by atoms with E-state index in [0.717, 1.165) is 11.0 Å². The van der Waals surface area contributed by atoms with Gasteiger partial charge in [-0.25, -0.2) is 4.39 Å². The Morgan fingerprint density at radius 2 is 1.89 bits per heavy atom. The van der Waals surface area contributed by atoms with Crippen LogP contribution in [0.4, 0.5) is 4.39 Å². The predicted molar refractivity (Wildman–Crippen MR) is 69.4 cm³/mol. The van der Waals surface area contributed by atoms with Gasteiger partial charge in [0.2, 0.25) is 0 Å². The summed E-state index contributed by atoms with van der Waals surface area (Å²) in [4.78, 5) is 1.13. The molecule has 0 heterocycles. The van der Waals surface area contributed by atoms with Crippen LogP contribution in [0.2, 0.25) is 0 Å². The quantitative estimate of drug-likeness (QED) is 0.774. The molecular formula is C14H10FNOS. The van der Waals surface area contributed by atoms with Crippen LogP contribution in [0, 0.1) is 17.1 Å². The largest absolute Gasteiger partial charge is 0.456 e. The van der Waals surface area contributed by atoms with E-state index < -0.39 is 5.82 Å². The highest BCUT2D eigenvalue weighted by Crippen LogP contribution is 2.27. The molecule has 0 spiro atoms. The van der Waals surface area contributed by atoms with Crippen molar-refractivity contribution in [2.45, 2.75) is 4.90 Å². The molecular weight excluding hydrogens is 249 g/mol. The van der Waals surface area contributed by atoms with Gasteiger partial charge in [-0.1, -0.05) is 0 Å². The van der Waals surface area contributed by atoms with Gasteiger partial charge in [0.1, 0.15) is 23.4 Å². The number of halogens is 1. The van der Waals surface area contributed by atoms with Crippen LogP contribution < -0.4 is 4.74 Å². The summed E-state index contributed by atoms with van der Waals surface area (Å²) in [7, 11) is 0. The van der Waals surface area contributed by atoms with Crippen LogP contribution in [0.5, 0.6) is 11.5 Å². The number of hydrogen-bond donors (Lipinski definition) is 0. The van der Waals surface area contributed by atoms with Gasteiger partial charge in [-0.2, -0.15) is 5.26 Å². The lowest BCUT2D eigenvalue weighted by Gasteiger charge is -2.07. The highest BCUT2D eigenvalue weighted by Gasteiger charge is 2.06. The highest BCUT2D eigenvalue weighted by molar-refractivity contribution is 7.98. The van der Waals surface area contributed by atoms with Crippen LogP contribution >= 0.6 is 11.8 Å². The molecule has 2 rings (SSSR count). The van der Waals surface area contributed by atoms with E-state index in [9.17, 15) is 4.39 Å². The minimum absolute atomic E-state index is 0.184. The summed E-state index contributed by atoms with van der Waals surface area (Å²) in [6.45, 7) is 0. The zero-order valence-corrected chi connectivity index (χ0v) is 10.5. The van der Waals surface area contributed by atoms with Gasteiger partial charge in [-0.3, -0.25) is 0 Å². The topological polar surface area (TPSA) is 33.0 Å². The minimum Gasteiger partial charge on any atom is -0.456 e. The third kappa shape index (κ3) is 2.82. The number of benzene rings is 2. The first-order valence-corrected chi connectivity index (χ1v) is 6.47. The zero-order valence-electron chi connectivity index (χ0n) is 9.68. The molecule has 2 nitrogen and oxygen atoms in total. The fraction of sp³-hybridized carbons (Fsp3) is 0.0714. The molecule has 90 valence electrons. The monoisotopic (exact) mass is 259 g/mol. The highest BCUT2D eigenvalue weighted by atomic mass is 32.2. The van der Waals surface area contributed by atoms with E-state index in [1.807, 2.05) is 36.6 Å². The van der Waals surface area contributed by atoms with E-state index >= 15 is 0 Å². The number of thioether (sulfide) groups is 1. The number of hydrogen-bond acceptors (Lipinski definition) is 3. The summed E-state index contributed by atoms with van der Waals surface area (Å²) in [5.74, 6) is 0.531. The maximum Gasteiger partial charge on any atom is 0.145 e. The molecule has 2 aromatic carbocycles. The molecule has 0 saturated heterocycles. The van der Waals surface area contributed by atoms with Crippen molar-refractivity contribution in [3.8, 4) is 17.6 Å². The Balaban J connectivity index is 2.25. The van der Waals surface area contributed by atoms with Gasteiger partial charge >= 0.3 is 0 Å². The van der Waals surface area contributed by atoms with Gasteiger partial charge in [0.05, 0.1) is 5.56 Å². The van der Waals surface area contributed by atoms with Gasteiger partial charge in [-0.15, -0.1) is 11.8 Å². The minimum atomic E-state index is -0.448. The molecule has 0 amide bonds. The van der Waals surface area contributed by atoms with E-state index in [2.05, 4.69) is 0 Å². The first kappa shape index (κ1) is 12.5. The van der Waals surface area contributed by atoms with Crippen LogP contribution in [-0.2, 0) is 0 Å².